The lowest BCUT2D eigenvalue weighted by Crippen LogP contribution is -2.45. The van der Waals surface area contributed by atoms with Crippen molar-refractivity contribution in [1.29, 1.82) is 0 Å². The third-order valence-corrected chi connectivity index (χ3v) is 5.44. The molecule has 1 fully saturated rings. The summed E-state index contributed by atoms with van der Waals surface area (Å²) in [5.74, 6) is 5.74. The van der Waals surface area contributed by atoms with Crippen molar-refractivity contribution >= 4 is 17.6 Å². The van der Waals surface area contributed by atoms with Gasteiger partial charge in [0.05, 0.1) is 6.54 Å². The van der Waals surface area contributed by atoms with Crippen molar-refractivity contribution in [3.8, 4) is 11.8 Å². The van der Waals surface area contributed by atoms with Crippen LogP contribution < -0.4 is 0 Å². The van der Waals surface area contributed by atoms with Gasteiger partial charge in [-0.15, -0.1) is 11.6 Å². The quantitative estimate of drug-likeness (QED) is 0.418. The Labute approximate surface area is 167 Å². The topological polar surface area (TPSA) is 49.8 Å². The minimum Gasteiger partial charge on any atom is -0.450 e. The summed E-state index contributed by atoms with van der Waals surface area (Å²) < 4.78 is 5.38. The van der Waals surface area contributed by atoms with Gasteiger partial charge in [-0.1, -0.05) is 68.4 Å². The summed E-state index contributed by atoms with van der Waals surface area (Å²) in [7, 11) is 0. The third-order valence-electron chi connectivity index (χ3n) is 5.27. The molecule has 1 aromatic rings. The van der Waals surface area contributed by atoms with Gasteiger partial charge in [0.2, 0.25) is 0 Å². The number of alkyl halides is 1. The molecule has 0 amide bonds. The highest BCUT2D eigenvalue weighted by molar-refractivity contribution is 6.18. The van der Waals surface area contributed by atoms with E-state index < -0.39 is 11.6 Å². The molecule has 2 rings (SSSR count). The number of carbonyl (C=O) groups excluding carboxylic acids is 1. The smallest absolute Gasteiger partial charge is 0.344 e. The number of esters is 1. The normalized spacial score (nSPS) is 17.0. The van der Waals surface area contributed by atoms with Crippen molar-refractivity contribution < 1.29 is 14.6 Å². The Hall–Kier alpha value is -1.54. The minimum absolute atomic E-state index is 0.0148. The standard InChI is InChI=1S/C22H30ClNO3/c1-2-24(17-15-23)16-9-10-18-27-21(25)22(26,19-11-5-3-6-12-19)20-13-7-4-8-14-20/h3,5-6,11-12,20,26H,2,4,7-8,13-18H2,1H3. The Morgan fingerprint density at radius 2 is 1.96 bits per heavy atom. The lowest BCUT2D eigenvalue weighted by Gasteiger charge is -2.36. The zero-order valence-corrected chi connectivity index (χ0v) is 16.9. The van der Waals surface area contributed by atoms with E-state index in [9.17, 15) is 9.90 Å². The average Bonchev–Trinajstić information content (AvgIpc) is 2.73. The van der Waals surface area contributed by atoms with Crippen molar-refractivity contribution in [2.75, 3.05) is 32.1 Å². The van der Waals surface area contributed by atoms with Crippen LogP contribution in [-0.2, 0) is 15.1 Å². The van der Waals surface area contributed by atoms with Gasteiger partial charge in [0, 0.05) is 18.3 Å². The molecule has 5 heteroatoms. The van der Waals surface area contributed by atoms with E-state index in [1.54, 1.807) is 12.1 Å². The predicted molar refractivity (Wildman–Crippen MR) is 108 cm³/mol. The van der Waals surface area contributed by atoms with E-state index in [1.165, 1.54) is 0 Å². The second-order valence-corrected chi connectivity index (χ2v) is 7.33. The van der Waals surface area contributed by atoms with Crippen molar-refractivity contribution in [2.24, 2.45) is 5.92 Å². The van der Waals surface area contributed by atoms with Crippen LogP contribution in [0.4, 0.5) is 0 Å². The van der Waals surface area contributed by atoms with Crippen LogP contribution in [0, 0.1) is 17.8 Å². The summed E-state index contributed by atoms with van der Waals surface area (Å²) >= 11 is 5.75. The molecule has 1 N–H and O–H groups in total. The number of halogens is 1. The van der Waals surface area contributed by atoms with Gasteiger partial charge in [-0.25, -0.2) is 4.79 Å². The van der Waals surface area contributed by atoms with E-state index in [0.29, 0.717) is 18.0 Å². The molecular formula is C22H30ClNO3. The number of aliphatic hydroxyl groups is 1. The fourth-order valence-corrected chi connectivity index (χ4v) is 3.87. The second kappa shape index (κ2) is 11.3. The number of ether oxygens (including phenoxy) is 1. The van der Waals surface area contributed by atoms with Crippen LogP contribution in [0.3, 0.4) is 0 Å². The lowest BCUT2D eigenvalue weighted by atomic mass is 9.73. The largest absolute Gasteiger partial charge is 0.450 e. The molecule has 0 bridgehead atoms. The summed E-state index contributed by atoms with van der Waals surface area (Å²) in [5.41, 5.74) is -0.994. The summed E-state index contributed by atoms with van der Waals surface area (Å²) in [6.45, 7) is 4.28. The van der Waals surface area contributed by atoms with Crippen molar-refractivity contribution in [3.63, 3.8) is 0 Å². The third kappa shape index (κ3) is 5.97. The molecule has 27 heavy (non-hydrogen) atoms. The van der Waals surface area contributed by atoms with Gasteiger partial charge in [0.15, 0.2) is 12.2 Å². The molecule has 1 aliphatic carbocycles. The van der Waals surface area contributed by atoms with Gasteiger partial charge in [-0.3, -0.25) is 4.90 Å². The first-order valence-electron chi connectivity index (χ1n) is 9.82. The molecule has 1 saturated carbocycles. The van der Waals surface area contributed by atoms with Crippen LogP contribution >= 0.6 is 11.6 Å². The zero-order valence-electron chi connectivity index (χ0n) is 16.1. The fourth-order valence-electron chi connectivity index (χ4n) is 3.63. The van der Waals surface area contributed by atoms with Gasteiger partial charge < -0.3 is 9.84 Å². The first kappa shape index (κ1) is 21.8. The molecule has 0 aromatic heterocycles. The highest BCUT2D eigenvalue weighted by atomic mass is 35.5. The lowest BCUT2D eigenvalue weighted by molar-refractivity contribution is -0.174. The molecule has 4 nitrogen and oxygen atoms in total. The van der Waals surface area contributed by atoms with Gasteiger partial charge in [-0.2, -0.15) is 0 Å². The maximum atomic E-state index is 12.9. The van der Waals surface area contributed by atoms with Gasteiger partial charge in [0.25, 0.3) is 0 Å². The summed E-state index contributed by atoms with van der Waals surface area (Å²) in [6, 6.07) is 9.15. The highest BCUT2D eigenvalue weighted by Crippen LogP contribution is 2.40. The number of nitrogens with zero attached hydrogens (tertiary/aromatic N) is 1. The first-order valence-corrected chi connectivity index (χ1v) is 10.4. The predicted octanol–water partition coefficient (Wildman–Crippen LogP) is 3.56. The second-order valence-electron chi connectivity index (χ2n) is 6.95. The Morgan fingerprint density at radius 3 is 2.59 bits per heavy atom. The number of benzene rings is 1. The molecule has 0 spiro atoms. The summed E-state index contributed by atoms with van der Waals surface area (Å²) in [5, 5.41) is 11.4. The van der Waals surface area contributed by atoms with E-state index >= 15 is 0 Å². The van der Waals surface area contributed by atoms with Crippen LogP contribution in [0.2, 0.25) is 0 Å². The van der Waals surface area contributed by atoms with Crippen LogP contribution in [0.25, 0.3) is 0 Å². The van der Waals surface area contributed by atoms with Crippen LogP contribution in [0.15, 0.2) is 30.3 Å². The molecule has 0 aliphatic heterocycles. The van der Waals surface area contributed by atoms with E-state index in [-0.39, 0.29) is 12.5 Å². The van der Waals surface area contributed by atoms with Crippen LogP contribution in [-0.4, -0.2) is 48.1 Å². The number of hydrogen-bond acceptors (Lipinski definition) is 4. The molecule has 148 valence electrons. The van der Waals surface area contributed by atoms with Crippen molar-refractivity contribution in [2.45, 2.75) is 44.6 Å². The molecule has 1 atom stereocenters. The molecule has 0 saturated heterocycles. The minimum atomic E-state index is -1.60. The SMILES string of the molecule is CCN(CC#CCOC(=O)C(O)(c1ccccc1)C1CCCCC1)CCCl. The van der Waals surface area contributed by atoms with Gasteiger partial charge >= 0.3 is 5.97 Å². The Bertz CT molecular complexity index is 634. The number of hydrogen-bond donors (Lipinski definition) is 1. The first-order chi connectivity index (χ1) is 13.1. The summed E-state index contributed by atoms with van der Waals surface area (Å²) in [4.78, 5) is 15.0. The van der Waals surface area contributed by atoms with Gasteiger partial charge in [-0.05, 0) is 24.9 Å². The Balaban J connectivity index is 2.02. The molecule has 1 unspecified atom stereocenters. The number of carbonyl (C=O) groups is 1. The monoisotopic (exact) mass is 391 g/mol. The van der Waals surface area contributed by atoms with Crippen LogP contribution in [0.1, 0.15) is 44.6 Å². The van der Waals surface area contributed by atoms with E-state index in [4.69, 9.17) is 16.3 Å². The van der Waals surface area contributed by atoms with E-state index in [2.05, 4.69) is 23.7 Å². The highest BCUT2D eigenvalue weighted by Gasteiger charge is 2.46. The Morgan fingerprint density at radius 1 is 1.26 bits per heavy atom. The van der Waals surface area contributed by atoms with Crippen LogP contribution in [0.5, 0.6) is 0 Å². The maximum Gasteiger partial charge on any atom is 0.344 e. The summed E-state index contributed by atoms with van der Waals surface area (Å²) in [6.07, 6.45) is 4.87. The maximum absolute atomic E-state index is 12.9. The van der Waals surface area contributed by atoms with E-state index in [0.717, 1.165) is 45.2 Å². The number of rotatable bonds is 8. The van der Waals surface area contributed by atoms with Crippen molar-refractivity contribution in [1.82, 2.24) is 4.90 Å². The van der Waals surface area contributed by atoms with E-state index in [1.807, 2.05) is 18.2 Å². The Kier molecular flexibility index (Phi) is 9.14. The molecule has 1 aliphatic rings. The molecule has 0 radical (unpaired) electrons. The average molecular weight is 392 g/mol. The van der Waals surface area contributed by atoms with Gasteiger partial charge in [0.1, 0.15) is 0 Å². The molecular weight excluding hydrogens is 362 g/mol. The molecule has 1 aromatic carbocycles. The fraction of sp³-hybridized carbons (Fsp3) is 0.591. The molecule has 0 heterocycles. The zero-order chi connectivity index (χ0) is 19.5. The van der Waals surface area contributed by atoms with Crippen molar-refractivity contribution in [3.05, 3.63) is 35.9 Å².